The molecule has 78 valence electrons. The van der Waals surface area contributed by atoms with E-state index in [1.165, 1.54) is 12.1 Å². The molecule has 3 rings (SSSR count). The average Bonchev–Trinajstić information content (AvgIpc) is 2.72. The van der Waals surface area contributed by atoms with E-state index < -0.39 is 0 Å². The Morgan fingerprint density at radius 2 is 1.88 bits per heavy atom. The van der Waals surface area contributed by atoms with Gasteiger partial charge in [0.2, 0.25) is 5.89 Å². The van der Waals surface area contributed by atoms with Crippen LogP contribution in [-0.4, -0.2) is 4.98 Å². The molecule has 0 bridgehead atoms. The minimum Gasteiger partial charge on any atom is -0.436 e. The fraction of sp³-hybridized carbons (Fsp3) is 0. The lowest BCUT2D eigenvalue weighted by Crippen LogP contribution is -1.78. The van der Waals surface area contributed by atoms with Crippen LogP contribution in [-0.2, 0) is 0 Å². The van der Waals surface area contributed by atoms with Gasteiger partial charge in [0.15, 0.2) is 5.58 Å². The van der Waals surface area contributed by atoms with Crippen LogP contribution in [0, 0.1) is 5.82 Å². The molecule has 0 aliphatic heterocycles. The third kappa shape index (κ3) is 1.46. The highest BCUT2D eigenvalue weighted by Crippen LogP contribution is 2.24. The van der Waals surface area contributed by atoms with Crippen molar-refractivity contribution in [3.05, 3.63) is 54.3 Å². The van der Waals surface area contributed by atoms with E-state index in [1.807, 2.05) is 24.3 Å². The first-order valence-electron chi connectivity index (χ1n) is 4.94. The van der Waals surface area contributed by atoms with Crippen molar-refractivity contribution in [1.29, 1.82) is 0 Å². The van der Waals surface area contributed by atoms with E-state index in [1.54, 1.807) is 12.1 Å². The van der Waals surface area contributed by atoms with Crippen LogP contribution in [0.25, 0.3) is 22.6 Å². The normalized spacial score (nSPS) is 10.8. The summed E-state index contributed by atoms with van der Waals surface area (Å²) in [6.45, 7) is 0. The van der Waals surface area contributed by atoms with Crippen molar-refractivity contribution in [3.63, 3.8) is 0 Å². The van der Waals surface area contributed by atoms with Crippen molar-refractivity contribution < 1.29 is 8.81 Å². The zero-order chi connectivity index (χ0) is 11.0. The molecule has 3 heteroatoms. The van der Waals surface area contributed by atoms with E-state index in [0.717, 1.165) is 5.52 Å². The van der Waals surface area contributed by atoms with Gasteiger partial charge < -0.3 is 4.42 Å². The Hall–Kier alpha value is -2.16. The highest BCUT2D eigenvalue weighted by Gasteiger charge is 2.07. The van der Waals surface area contributed by atoms with E-state index in [4.69, 9.17) is 4.42 Å². The molecule has 3 aromatic rings. The van der Waals surface area contributed by atoms with Crippen LogP contribution in [0.4, 0.5) is 4.39 Å². The molecule has 1 heterocycles. The first-order valence-corrected chi connectivity index (χ1v) is 4.94. The molecule has 0 aliphatic carbocycles. The Kier molecular flexibility index (Phi) is 1.96. The number of rotatable bonds is 1. The molecule has 0 atom stereocenters. The molecule has 0 aliphatic rings. The van der Waals surface area contributed by atoms with Gasteiger partial charge in [0.1, 0.15) is 11.3 Å². The first-order chi connectivity index (χ1) is 7.83. The quantitative estimate of drug-likeness (QED) is 0.616. The SMILES string of the molecule is Fc1cccc(-c2nc3ccccc3o2)c1. The molecule has 1 aromatic heterocycles. The molecule has 0 amide bonds. The van der Waals surface area contributed by atoms with Gasteiger partial charge in [-0.25, -0.2) is 9.37 Å². The van der Waals surface area contributed by atoms with Gasteiger partial charge in [-0.2, -0.15) is 0 Å². The molecular formula is C13H8FNO. The summed E-state index contributed by atoms with van der Waals surface area (Å²) in [6, 6.07) is 13.7. The van der Waals surface area contributed by atoms with E-state index >= 15 is 0 Å². The molecule has 2 nitrogen and oxygen atoms in total. The number of hydrogen-bond acceptors (Lipinski definition) is 2. The van der Waals surface area contributed by atoms with Crippen molar-refractivity contribution >= 4 is 11.1 Å². The second-order valence-corrected chi connectivity index (χ2v) is 3.50. The van der Waals surface area contributed by atoms with Gasteiger partial charge >= 0.3 is 0 Å². The lowest BCUT2D eigenvalue weighted by Gasteiger charge is -1.93. The Morgan fingerprint density at radius 1 is 1.00 bits per heavy atom. The highest BCUT2D eigenvalue weighted by atomic mass is 19.1. The van der Waals surface area contributed by atoms with E-state index in [0.29, 0.717) is 17.0 Å². The molecule has 0 N–H and O–H groups in total. The molecule has 2 aromatic carbocycles. The van der Waals surface area contributed by atoms with Crippen molar-refractivity contribution in [2.75, 3.05) is 0 Å². The largest absolute Gasteiger partial charge is 0.436 e. The fourth-order valence-electron chi connectivity index (χ4n) is 1.62. The number of hydrogen-bond donors (Lipinski definition) is 0. The van der Waals surface area contributed by atoms with Gasteiger partial charge in [0.25, 0.3) is 0 Å². The van der Waals surface area contributed by atoms with Crippen LogP contribution in [0.1, 0.15) is 0 Å². The van der Waals surface area contributed by atoms with Crippen LogP contribution in [0.15, 0.2) is 52.9 Å². The molecular weight excluding hydrogens is 205 g/mol. The predicted octanol–water partition coefficient (Wildman–Crippen LogP) is 3.63. The summed E-state index contributed by atoms with van der Waals surface area (Å²) in [7, 11) is 0. The summed E-state index contributed by atoms with van der Waals surface area (Å²) >= 11 is 0. The molecule has 0 radical (unpaired) electrons. The van der Waals surface area contributed by atoms with Crippen LogP contribution in [0.5, 0.6) is 0 Å². The molecule has 0 saturated carbocycles. The van der Waals surface area contributed by atoms with Gasteiger partial charge in [-0.15, -0.1) is 0 Å². The number of para-hydroxylation sites is 2. The first kappa shape index (κ1) is 9.09. The fourth-order valence-corrected chi connectivity index (χ4v) is 1.62. The van der Waals surface area contributed by atoms with Crippen LogP contribution in [0.2, 0.25) is 0 Å². The summed E-state index contributed by atoms with van der Waals surface area (Å²) in [6.07, 6.45) is 0. The summed E-state index contributed by atoms with van der Waals surface area (Å²) in [4.78, 5) is 4.29. The number of aromatic nitrogens is 1. The van der Waals surface area contributed by atoms with Crippen molar-refractivity contribution in [3.8, 4) is 11.5 Å². The highest BCUT2D eigenvalue weighted by molar-refractivity contribution is 5.75. The van der Waals surface area contributed by atoms with Gasteiger partial charge in [-0.1, -0.05) is 18.2 Å². The van der Waals surface area contributed by atoms with Crippen molar-refractivity contribution in [2.45, 2.75) is 0 Å². The lowest BCUT2D eigenvalue weighted by atomic mass is 10.2. The minimum absolute atomic E-state index is 0.292. The zero-order valence-corrected chi connectivity index (χ0v) is 8.35. The van der Waals surface area contributed by atoms with Gasteiger partial charge in [0, 0.05) is 5.56 Å². The molecule has 0 spiro atoms. The summed E-state index contributed by atoms with van der Waals surface area (Å²) in [5, 5.41) is 0. The Balaban J connectivity index is 2.19. The Labute approximate surface area is 91.3 Å². The number of nitrogens with zero attached hydrogens (tertiary/aromatic N) is 1. The maximum Gasteiger partial charge on any atom is 0.227 e. The smallest absolute Gasteiger partial charge is 0.227 e. The summed E-state index contributed by atoms with van der Waals surface area (Å²) < 4.78 is 18.6. The maximum atomic E-state index is 13.0. The van der Waals surface area contributed by atoms with Crippen molar-refractivity contribution in [2.24, 2.45) is 0 Å². The van der Waals surface area contributed by atoms with E-state index in [9.17, 15) is 4.39 Å². The Bertz CT molecular complexity index is 612. The third-order valence-corrected chi connectivity index (χ3v) is 2.37. The zero-order valence-electron chi connectivity index (χ0n) is 8.35. The number of oxazole rings is 1. The molecule has 0 saturated heterocycles. The van der Waals surface area contributed by atoms with Crippen LogP contribution >= 0.6 is 0 Å². The second-order valence-electron chi connectivity index (χ2n) is 3.50. The number of halogens is 1. The molecule has 0 fully saturated rings. The second kappa shape index (κ2) is 3.45. The minimum atomic E-state index is -0.292. The van der Waals surface area contributed by atoms with Crippen LogP contribution < -0.4 is 0 Å². The summed E-state index contributed by atoms with van der Waals surface area (Å²) in [5.41, 5.74) is 2.14. The monoisotopic (exact) mass is 213 g/mol. The van der Waals surface area contributed by atoms with E-state index in [-0.39, 0.29) is 5.82 Å². The standard InChI is InChI=1S/C13H8FNO/c14-10-5-3-4-9(8-10)13-15-11-6-1-2-7-12(11)16-13/h1-8H. The summed E-state index contributed by atoms with van der Waals surface area (Å²) in [5.74, 6) is 0.153. The Morgan fingerprint density at radius 3 is 2.69 bits per heavy atom. The average molecular weight is 213 g/mol. The third-order valence-electron chi connectivity index (χ3n) is 2.37. The van der Waals surface area contributed by atoms with Gasteiger partial charge in [-0.05, 0) is 30.3 Å². The maximum absolute atomic E-state index is 13.0. The van der Waals surface area contributed by atoms with Crippen LogP contribution in [0.3, 0.4) is 0 Å². The van der Waals surface area contributed by atoms with E-state index in [2.05, 4.69) is 4.98 Å². The predicted molar refractivity (Wildman–Crippen MR) is 59.4 cm³/mol. The molecule has 16 heavy (non-hydrogen) atoms. The molecule has 0 unspecified atom stereocenters. The number of fused-ring (bicyclic) bond motifs is 1. The number of benzene rings is 2. The van der Waals surface area contributed by atoms with Gasteiger partial charge in [-0.3, -0.25) is 0 Å². The van der Waals surface area contributed by atoms with Gasteiger partial charge in [0.05, 0.1) is 0 Å². The lowest BCUT2D eigenvalue weighted by molar-refractivity contribution is 0.611. The topological polar surface area (TPSA) is 26.0 Å². The van der Waals surface area contributed by atoms with Crippen molar-refractivity contribution in [1.82, 2.24) is 4.98 Å².